The van der Waals surface area contributed by atoms with Gasteiger partial charge in [0, 0.05) is 87.0 Å². The SMILES string of the molecule is COC(=O)c1sc(C(C)(C)C)nc1CNCc1ccc(-c2ccnc(Nc3cnn(C)c3)n2)cc1C.Cc1cc(-c2ccnc(Nc3cnn(C)c3)n2)ccc1CNCc1nc(C(C)(C)C)sc1C(=O)O. The van der Waals surface area contributed by atoms with Crippen molar-refractivity contribution in [1.29, 1.82) is 0 Å². The third-order valence-corrected chi connectivity index (χ3v) is 14.0. The Labute approximate surface area is 421 Å². The lowest BCUT2D eigenvalue weighted by Gasteiger charge is -2.13. The second-order valence-corrected chi connectivity index (χ2v) is 21.0. The summed E-state index contributed by atoms with van der Waals surface area (Å²) in [6, 6.07) is 16.2. The van der Waals surface area contributed by atoms with E-state index in [0.717, 1.165) is 71.9 Å². The van der Waals surface area contributed by atoms with E-state index in [1.165, 1.54) is 29.8 Å². The molecule has 71 heavy (non-hydrogen) atoms. The molecule has 0 amide bonds. The lowest BCUT2D eigenvalue weighted by Crippen LogP contribution is -2.17. The van der Waals surface area contributed by atoms with Crippen LogP contribution in [0.5, 0.6) is 0 Å². The maximum absolute atomic E-state index is 12.3. The molecule has 6 heterocycles. The number of aromatic nitrogens is 10. The molecule has 5 N–H and O–H groups in total. The van der Waals surface area contributed by atoms with E-state index in [1.807, 2.05) is 65.5 Å². The number of hydrogen-bond acceptors (Lipinski definition) is 17. The van der Waals surface area contributed by atoms with Gasteiger partial charge in [0.15, 0.2) is 0 Å². The molecular weight excluding hydrogens is 937 g/mol. The molecule has 0 fully saturated rings. The second-order valence-electron chi connectivity index (χ2n) is 19.0. The molecule has 0 aliphatic carbocycles. The van der Waals surface area contributed by atoms with Crippen LogP contribution in [0.15, 0.2) is 85.7 Å². The van der Waals surface area contributed by atoms with Crippen LogP contribution in [0.1, 0.15) is 105 Å². The van der Waals surface area contributed by atoms with Crippen LogP contribution in [0.3, 0.4) is 0 Å². The first kappa shape index (κ1) is 51.6. The lowest BCUT2D eigenvalue weighted by atomic mass is 9.98. The van der Waals surface area contributed by atoms with Gasteiger partial charge in [0.25, 0.3) is 0 Å². The van der Waals surface area contributed by atoms with Crippen molar-refractivity contribution in [2.24, 2.45) is 14.1 Å². The summed E-state index contributed by atoms with van der Waals surface area (Å²) in [6.45, 7) is 18.6. The van der Waals surface area contributed by atoms with Gasteiger partial charge in [-0.3, -0.25) is 9.36 Å². The fourth-order valence-electron chi connectivity index (χ4n) is 7.13. The molecule has 18 nitrogen and oxygen atoms in total. The molecule has 8 rings (SSSR count). The number of carboxylic acids is 1. The van der Waals surface area contributed by atoms with E-state index in [4.69, 9.17) is 9.72 Å². The van der Waals surface area contributed by atoms with Gasteiger partial charge in [-0.2, -0.15) is 10.2 Å². The number of hydrogen-bond donors (Lipinski definition) is 5. The fourth-order valence-corrected chi connectivity index (χ4v) is 9.17. The smallest absolute Gasteiger partial charge is 0.350 e. The van der Waals surface area contributed by atoms with Crippen molar-refractivity contribution in [1.82, 2.24) is 60.1 Å². The number of thiazole rings is 2. The number of carboxylic acid groups (broad SMARTS) is 1. The van der Waals surface area contributed by atoms with Crippen molar-refractivity contribution in [2.75, 3.05) is 17.7 Å². The Morgan fingerprint density at radius 2 is 1.07 bits per heavy atom. The summed E-state index contributed by atoms with van der Waals surface area (Å²) in [5, 5.41) is 32.7. The van der Waals surface area contributed by atoms with Crippen LogP contribution in [0, 0.1) is 13.8 Å². The summed E-state index contributed by atoms with van der Waals surface area (Å²) in [6.07, 6.45) is 10.6. The highest BCUT2D eigenvalue weighted by Gasteiger charge is 2.26. The second kappa shape index (κ2) is 22.2. The molecule has 370 valence electrons. The van der Waals surface area contributed by atoms with E-state index >= 15 is 0 Å². The summed E-state index contributed by atoms with van der Waals surface area (Å²) in [7, 11) is 5.11. The van der Waals surface area contributed by atoms with Crippen molar-refractivity contribution in [3.8, 4) is 22.5 Å². The van der Waals surface area contributed by atoms with Gasteiger partial charge in [0.2, 0.25) is 11.9 Å². The molecule has 0 bridgehead atoms. The number of carbonyl (C=O) groups excluding carboxylic acids is 1. The number of aryl methyl sites for hydroxylation is 4. The highest BCUT2D eigenvalue weighted by Crippen LogP contribution is 2.32. The normalized spacial score (nSPS) is 11.5. The van der Waals surface area contributed by atoms with Crippen LogP contribution in [0.2, 0.25) is 0 Å². The maximum atomic E-state index is 12.3. The number of aromatic carboxylic acids is 1. The van der Waals surface area contributed by atoms with Crippen molar-refractivity contribution < 1.29 is 19.4 Å². The Morgan fingerprint density at radius 1 is 0.634 bits per heavy atom. The minimum Gasteiger partial charge on any atom is -0.477 e. The number of benzene rings is 2. The Bertz CT molecular complexity index is 3140. The molecule has 0 saturated carbocycles. The Balaban J connectivity index is 0.000000209. The van der Waals surface area contributed by atoms with Gasteiger partial charge in [-0.1, -0.05) is 65.8 Å². The van der Waals surface area contributed by atoms with Gasteiger partial charge in [0.05, 0.1) is 63.7 Å². The number of carbonyl (C=O) groups is 2. The molecular formula is C51H60N14O4S2. The Hall–Kier alpha value is -7.26. The predicted molar refractivity (Wildman–Crippen MR) is 278 cm³/mol. The summed E-state index contributed by atoms with van der Waals surface area (Å²) in [5.74, 6) is -0.255. The molecule has 20 heteroatoms. The molecule has 0 aliphatic heterocycles. The van der Waals surface area contributed by atoms with Gasteiger partial charge in [-0.15, -0.1) is 22.7 Å². The van der Waals surface area contributed by atoms with Crippen molar-refractivity contribution >= 4 is 57.9 Å². The molecule has 0 unspecified atom stereocenters. The standard InChI is InChI=1S/C26H31N7O2S.C25H29N7O2S/c1-16-11-17(20-9-10-28-25(32-20)30-19-13-29-33(5)15-19)7-8-18(16)12-27-14-21-22(23(34)35-6)36-24(31-21)26(2,3)4;1-15-10-16(19-8-9-27-24(31-19)29-18-12-28-32(5)14-18)6-7-17(15)11-26-13-20-21(22(33)34)35-23(30-20)25(2,3)4/h7-11,13,15,27H,12,14H2,1-6H3,(H,28,30,32);6-10,12,14,26H,11,13H2,1-5H3,(H,33,34)(H,27,29,31). The number of anilines is 4. The Morgan fingerprint density at radius 3 is 1.45 bits per heavy atom. The number of methoxy groups -OCH3 is 1. The molecule has 2 aromatic carbocycles. The number of esters is 1. The first-order valence-electron chi connectivity index (χ1n) is 22.8. The van der Waals surface area contributed by atoms with E-state index in [1.54, 1.807) is 34.2 Å². The molecule has 0 spiro atoms. The molecule has 0 atom stereocenters. The maximum Gasteiger partial charge on any atom is 0.350 e. The third kappa shape index (κ3) is 13.5. The van der Waals surface area contributed by atoms with Gasteiger partial charge >= 0.3 is 11.9 Å². The molecule has 0 aliphatic rings. The summed E-state index contributed by atoms with van der Waals surface area (Å²) < 4.78 is 8.40. The van der Waals surface area contributed by atoms with Crippen LogP contribution in [-0.2, 0) is 55.8 Å². The highest BCUT2D eigenvalue weighted by atomic mass is 32.1. The van der Waals surface area contributed by atoms with Crippen LogP contribution in [0.4, 0.5) is 23.3 Å². The van der Waals surface area contributed by atoms with Gasteiger partial charge in [-0.05, 0) is 60.4 Å². The van der Waals surface area contributed by atoms with Gasteiger partial charge < -0.3 is 31.1 Å². The van der Waals surface area contributed by atoms with E-state index in [-0.39, 0.29) is 16.8 Å². The quantitative estimate of drug-likeness (QED) is 0.0568. The average molecular weight is 997 g/mol. The van der Waals surface area contributed by atoms with E-state index in [0.29, 0.717) is 53.5 Å². The van der Waals surface area contributed by atoms with E-state index in [2.05, 4.69) is 121 Å². The number of nitrogens with one attached hydrogen (secondary N) is 4. The predicted octanol–water partition coefficient (Wildman–Crippen LogP) is 9.43. The van der Waals surface area contributed by atoms with Crippen LogP contribution >= 0.6 is 22.7 Å². The number of rotatable bonds is 16. The summed E-state index contributed by atoms with van der Waals surface area (Å²) >= 11 is 2.66. The fraction of sp³-hybridized carbons (Fsp3) is 0.333. The van der Waals surface area contributed by atoms with Crippen LogP contribution in [0.25, 0.3) is 22.5 Å². The number of ether oxygens (including phenoxy) is 1. The molecule has 6 aromatic heterocycles. The molecule has 0 radical (unpaired) electrons. The first-order valence-corrected chi connectivity index (χ1v) is 24.5. The van der Waals surface area contributed by atoms with Crippen LogP contribution in [-0.4, -0.2) is 73.6 Å². The van der Waals surface area contributed by atoms with Gasteiger partial charge in [-0.25, -0.2) is 39.5 Å². The summed E-state index contributed by atoms with van der Waals surface area (Å²) in [5.41, 5.74) is 10.8. The van der Waals surface area contributed by atoms with E-state index < -0.39 is 5.97 Å². The van der Waals surface area contributed by atoms with Crippen LogP contribution < -0.4 is 21.3 Å². The Kier molecular flexibility index (Phi) is 16.1. The average Bonchev–Trinajstić information content (AvgIpc) is 4.15. The topological polar surface area (TPSA) is 225 Å². The van der Waals surface area contributed by atoms with Crippen molar-refractivity contribution in [3.05, 3.63) is 139 Å². The third-order valence-electron chi connectivity index (χ3n) is 11.0. The summed E-state index contributed by atoms with van der Waals surface area (Å²) in [4.78, 5) is 52.0. The number of nitrogens with zero attached hydrogens (tertiary/aromatic N) is 10. The molecule has 8 aromatic rings. The molecule has 0 saturated heterocycles. The zero-order valence-electron chi connectivity index (χ0n) is 41.9. The van der Waals surface area contributed by atoms with Crippen molar-refractivity contribution in [2.45, 2.75) is 92.4 Å². The minimum absolute atomic E-state index is 0.132. The van der Waals surface area contributed by atoms with E-state index in [9.17, 15) is 14.7 Å². The zero-order valence-corrected chi connectivity index (χ0v) is 43.5. The lowest BCUT2D eigenvalue weighted by molar-refractivity contribution is 0.0603. The largest absolute Gasteiger partial charge is 0.477 e. The minimum atomic E-state index is -0.933. The highest BCUT2D eigenvalue weighted by molar-refractivity contribution is 7.14. The zero-order chi connectivity index (χ0) is 51.0. The van der Waals surface area contributed by atoms with Gasteiger partial charge in [0.1, 0.15) is 9.75 Å². The monoisotopic (exact) mass is 996 g/mol. The first-order chi connectivity index (χ1) is 33.7. The van der Waals surface area contributed by atoms with Crippen molar-refractivity contribution in [3.63, 3.8) is 0 Å².